The molecule has 1 aliphatic heterocycles. The van der Waals surface area contributed by atoms with Crippen LogP contribution in [0, 0.1) is 0 Å². The van der Waals surface area contributed by atoms with Gasteiger partial charge in [0.1, 0.15) is 0 Å². The average Bonchev–Trinajstić information content (AvgIpc) is 3.20. The first-order chi connectivity index (χ1) is 11.6. The lowest BCUT2D eigenvalue weighted by atomic mass is 10.1. The molecule has 4 rings (SSSR count). The summed E-state index contributed by atoms with van der Waals surface area (Å²) in [7, 11) is 0. The maximum Gasteiger partial charge on any atom is 0.256 e. The number of fused-ring (bicyclic) bond motifs is 1. The Kier molecular flexibility index (Phi) is 4.24. The van der Waals surface area contributed by atoms with Crippen molar-refractivity contribution in [2.45, 2.75) is 31.4 Å². The Balaban J connectivity index is 1.46. The number of H-pyrrole nitrogens is 1. The number of nitrogens with one attached hydrogen (secondary N) is 1. The van der Waals surface area contributed by atoms with Crippen LogP contribution in [-0.4, -0.2) is 64.1 Å². The first-order valence-electron chi connectivity index (χ1n) is 8.61. The molecule has 5 nitrogen and oxygen atoms in total. The number of hydrogen-bond donors (Lipinski definition) is 2. The topological polar surface area (TPSA) is 59.6 Å². The van der Waals surface area contributed by atoms with Crippen LogP contribution in [0.5, 0.6) is 0 Å². The molecule has 2 aliphatic rings. The molecule has 0 spiro atoms. The van der Waals surface area contributed by atoms with E-state index >= 15 is 0 Å². The van der Waals surface area contributed by atoms with Crippen molar-refractivity contribution in [3.05, 3.63) is 35.0 Å². The lowest BCUT2D eigenvalue weighted by Gasteiger charge is -2.39. The van der Waals surface area contributed by atoms with Gasteiger partial charge in [-0.25, -0.2) is 0 Å². The monoisotopic (exact) mass is 347 g/mol. The molecule has 1 aromatic heterocycles. The van der Waals surface area contributed by atoms with Gasteiger partial charge >= 0.3 is 0 Å². The van der Waals surface area contributed by atoms with E-state index in [2.05, 4.69) is 9.88 Å². The predicted molar refractivity (Wildman–Crippen MR) is 94.4 cm³/mol. The summed E-state index contributed by atoms with van der Waals surface area (Å²) in [6.07, 6.45) is 4.64. The Morgan fingerprint density at radius 3 is 2.71 bits per heavy atom. The van der Waals surface area contributed by atoms with Crippen molar-refractivity contribution >= 4 is 28.4 Å². The fraction of sp³-hybridized carbons (Fsp3) is 0.500. The summed E-state index contributed by atoms with van der Waals surface area (Å²) < 4.78 is 0. The number of nitrogens with zero attached hydrogens (tertiary/aromatic N) is 2. The molecule has 1 aliphatic carbocycles. The number of aromatic nitrogens is 1. The molecule has 0 unspecified atom stereocenters. The van der Waals surface area contributed by atoms with Crippen LogP contribution in [0.3, 0.4) is 0 Å². The molecule has 1 aromatic carbocycles. The number of aromatic amines is 1. The van der Waals surface area contributed by atoms with E-state index in [9.17, 15) is 9.90 Å². The summed E-state index contributed by atoms with van der Waals surface area (Å²) in [5.41, 5.74) is 1.59. The minimum absolute atomic E-state index is 0.0650. The van der Waals surface area contributed by atoms with Crippen LogP contribution in [0.1, 0.15) is 29.6 Å². The van der Waals surface area contributed by atoms with Crippen molar-refractivity contribution in [3.63, 3.8) is 0 Å². The van der Waals surface area contributed by atoms with Gasteiger partial charge < -0.3 is 15.0 Å². The van der Waals surface area contributed by atoms with Crippen molar-refractivity contribution in [3.8, 4) is 0 Å². The Bertz CT molecular complexity index is 752. The van der Waals surface area contributed by atoms with Crippen LogP contribution < -0.4 is 0 Å². The van der Waals surface area contributed by atoms with E-state index in [1.54, 1.807) is 6.20 Å². The summed E-state index contributed by atoms with van der Waals surface area (Å²) in [6.45, 7) is 3.09. The highest BCUT2D eigenvalue weighted by Crippen LogP contribution is 2.26. The van der Waals surface area contributed by atoms with Gasteiger partial charge in [-0.3, -0.25) is 9.69 Å². The number of carbonyl (C=O) groups excluding carboxylic acids is 1. The maximum absolute atomic E-state index is 12.9. The summed E-state index contributed by atoms with van der Waals surface area (Å²) >= 11 is 6.00. The molecule has 1 amide bonds. The van der Waals surface area contributed by atoms with E-state index in [1.807, 2.05) is 23.1 Å². The Morgan fingerprint density at radius 2 is 2.00 bits per heavy atom. The molecule has 2 heterocycles. The first kappa shape index (κ1) is 15.9. The maximum atomic E-state index is 12.9. The second-order valence-electron chi connectivity index (χ2n) is 6.79. The van der Waals surface area contributed by atoms with E-state index in [0.29, 0.717) is 23.7 Å². The molecular formula is C18H22ClN3O2. The van der Waals surface area contributed by atoms with Gasteiger partial charge in [-0.2, -0.15) is 0 Å². The summed E-state index contributed by atoms with van der Waals surface area (Å²) in [5, 5.41) is 11.6. The van der Waals surface area contributed by atoms with Gasteiger partial charge in [0.05, 0.1) is 11.7 Å². The summed E-state index contributed by atoms with van der Waals surface area (Å²) in [6, 6.07) is 5.82. The minimum atomic E-state index is -0.203. The van der Waals surface area contributed by atoms with Gasteiger partial charge in [-0.05, 0) is 31.4 Å². The summed E-state index contributed by atoms with van der Waals surface area (Å²) in [5.74, 6) is 0.0650. The third kappa shape index (κ3) is 2.81. The molecule has 0 bridgehead atoms. The fourth-order valence-corrected chi connectivity index (χ4v) is 4.22. The van der Waals surface area contributed by atoms with Gasteiger partial charge in [0.25, 0.3) is 5.91 Å². The Morgan fingerprint density at radius 1 is 1.21 bits per heavy atom. The number of amides is 1. The SMILES string of the molecule is O=C(c1c[nH]c2cc(Cl)ccc12)N1CCN([C@@H]2CCC[C@@H]2O)CC1. The van der Waals surface area contributed by atoms with Crippen molar-refractivity contribution in [1.29, 1.82) is 0 Å². The molecule has 2 atom stereocenters. The zero-order chi connectivity index (χ0) is 16.7. The van der Waals surface area contributed by atoms with E-state index < -0.39 is 0 Å². The van der Waals surface area contributed by atoms with Gasteiger partial charge in [-0.15, -0.1) is 0 Å². The van der Waals surface area contributed by atoms with Gasteiger partial charge in [0, 0.05) is 54.3 Å². The summed E-state index contributed by atoms with van der Waals surface area (Å²) in [4.78, 5) is 20.2. The van der Waals surface area contributed by atoms with Crippen LogP contribution >= 0.6 is 11.6 Å². The number of aliphatic hydroxyl groups is 1. The van der Waals surface area contributed by atoms with Crippen molar-refractivity contribution in [1.82, 2.24) is 14.8 Å². The third-order valence-corrected chi connectivity index (χ3v) is 5.62. The number of piperazine rings is 1. The molecule has 0 radical (unpaired) electrons. The number of rotatable bonds is 2. The van der Waals surface area contributed by atoms with Crippen LogP contribution in [0.2, 0.25) is 5.02 Å². The van der Waals surface area contributed by atoms with E-state index in [-0.39, 0.29) is 18.1 Å². The van der Waals surface area contributed by atoms with Crippen LogP contribution in [0.25, 0.3) is 10.9 Å². The molecule has 1 saturated carbocycles. The van der Waals surface area contributed by atoms with Crippen LogP contribution in [-0.2, 0) is 0 Å². The normalized spacial score (nSPS) is 25.5. The van der Waals surface area contributed by atoms with E-state index in [0.717, 1.165) is 43.3 Å². The van der Waals surface area contributed by atoms with Gasteiger partial charge in [0.15, 0.2) is 0 Å². The smallest absolute Gasteiger partial charge is 0.256 e. The zero-order valence-electron chi connectivity index (χ0n) is 13.5. The molecule has 2 N–H and O–H groups in total. The standard InChI is InChI=1S/C18H22ClN3O2/c19-12-4-5-13-14(11-20-15(13)10-12)18(24)22-8-6-21(7-9-22)16-2-1-3-17(16)23/h4-5,10-11,16-17,20,23H,1-3,6-9H2/t16-,17+/m1/s1. The number of hydrogen-bond acceptors (Lipinski definition) is 3. The largest absolute Gasteiger partial charge is 0.391 e. The predicted octanol–water partition coefficient (Wildman–Crippen LogP) is 2.49. The van der Waals surface area contributed by atoms with Crippen molar-refractivity contribution in [2.24, 2.45) is 0 Å². The number of aliphatic hydroxyl groups excluding tert-OH is 1. The second-order valence-corrected chi connectivity index (χ2v) is 7.22. The van der Waals surface area contributed by atoms with Crippen LogP contribution in [0.15, 0.2) is 24.4 Å². The highest BCUT2D eigenvalue weighted by Gasteiger charge is 2.33. The molecular weight excluding hydrogens is 326 g/mol. The molecule has 2 aromatic rings. The average molecular weight is 348 g/mol. The molecule has 2 fully saturated rings. The first-order valence-corrected chi connectivity index (χ1v) is 8.99. The quantitative estimate of drug-likeness (QED) is 0.877. The third-order valence-electron chi connectivity index (χ3n) is 5.39. The molecule has 1 saturated heterocycles. The van der Waals surface area contributed by atoms with E-state index in [1.165, 1.54) is 0 Å². The zero-order valence-corrected chi connectivity index (χ0v) is 14.3. The number of halogens is 1. The molecule has 128 valence electrons. The van der Waals surface area contributed by atoms with Crippen molar-refractivity contribution in [2.75, 3.05) is 26.2 Å². The van der Waals surface area contributed by atoms with Gasteiger partial charge in [-0.1, -0.05) is 17.7 Å². The lowest BCUT2D eigenvalue weighted by Crippen LogP contribution is -2.53. The van der Waals surface area contributed by atoms with Gasteiger partial charge in [0.2, 0.25) is 0 Å². The lowest BCUT2D eigenvalue weighted by molar-refractivity contribution is 0.0316. The second kappa shape index (κ2) is 6.39. The fourth-order valence-electron chi connectivity index (χ4n) is 4.05. The highest BCUT2D eigenvalue weighted by atomic mass is 35.5. The number of carbonyl (C=O) groups is 1. The Hall–Kier alpha value is -1.56. The Labute approximate surface area is 146 Å². The van der Waals surface area contributed by atoms with E-state index in [4.69, 9.17) is 11.6 Å². The number of benzene rings is 1. The minimum Gasteiger partial charge on any atom is -0.391 e. The highest BCUT2D eigenvalue weighted by molar-refractivity contribution is 6.31. The van der Waals surface area contributed by atoms with Crippen molar-refractivity contribution < 1.29 is 9.90 Å². The molecule has 24 heavy (non-hydrogen) atoms. The van der Waals surface area contributed by atoms with Crippen LogP contribution in [0.4, 0.5) is 0 Å². The molecule has 6 heteroatoms.